The molecule has 0 bridgehead atoms. The van der Waals surface area contributed by atoms with Crippen molar-refractivity contribution in [2.24, 2.45) is 0 Å². The molecular formula is C15H12NO8PS. The average molecular weight is 397 g/mol. The summed E-state index contributed by atoms with van der Waals surface area (Å²) in [6.45, 7) is 0. The highest BCUT2D eigenvalue weighted by Gasteiger charge is 2.51. The fraction of sp³-hybridized carbons (Fsp3) is 0.0667. The molecule has 1 unspecified atom stereocenters. The van der Waals surface area contributed by atoms with E-state index >= 15 is 0 Å². The zero-order valence-electron chi connectivity index (χ0n) is 13.2. The van der Waals surface area contributed by atoms with Crippen LogP contribution in [0.15, 0.2) is 36.4 Å². The molecule has 0 aromatic heterocycles. The minimum absolute atomic E-state index is 0.119. The van der Waals surface area contributed by atoms with Crippen molar-refractivity contribution in [3.8, 4) is 11.5 Å². The van der Waals surface area contributed by atoms with Crippen LogP contribution in [0.3, 0.4) is 0 Å². The molecule has 0 radical (unpaired) electrons. The standard InChI is InChI=1S/C15H12NO8PS/c1-22-16-26-25(21)11-7-6-9(12(18)13(11)25)15(20)24-23-14(19)8-4-2-3-5-10(8)17/h2-7,16-18H,1H3. The molecule has 136 valence electrons. The van der Waals surface area contributed by atoms with Crippen LogP contribution >= 0.6 is 17.9 Å². The van der Waals surface area contributed by atoms with Crippen LogP contribution < -0.4 is 15.5 Å². The predicted octanol–water partition coefficient (Wildman–Crippen LogP) is 1.37. The maximum atomic E-state index is 12.6. The van der Waals surface area contributed by atoms with E-state index in [2.05, 4.69) is 19.5 Å². The molecule has 0 saturated carbocycles. The minimum Gasteiger partial charge on any atom is -0.507 e. The zero-order valence-corrected chi connectivity index (χ0v) is 14.9. The lowest BCUT2D eigenvalue weighted by molar-refractivity contribution is -0.187. The number of para-hydroxylation sites is 1. The molecule has 11 heteroatoms. The smallest absolute Gasteiger partial charge is 0.390 e. The first-order valence-corrected chi connectivity index (χ1v) is 10.2. The summed E-state index contributed by atoms with van der Waals surface area (Å²) in [4.78, 5) is 39.6. The largest absolute Gasteiger partial charge is 0.507 e. The molecule has 1 atom stereocenters. The molecule has 1 aliphatic rings. The van der Waals surface area contributed by atoms with Gasteiger partial charge in [0.1, 0.15) is 22.6 Å². The number of benzene rings is 2. The van der Waals surface area contributed by atoms with Crippen LogP contribution in [0, 0.1) is 0 Å². The number of carbonyl (C=O) groups excluding carboxylic acids is 2. The van der Waals surface area contributed by atoms with Crippen LogP contribution in [-0.2, 0) is 19.2 Å². The zero-order chi connectivity index (χ0) is 18.9. The van der Waals surface area contributed by atoms with Crippen molar-refractivity contribution in [2.45, 2.75) is 0 Å². The van der Waals surface area contributed by atoms with E-state index in [1.54, 1.807) is 0 Å². The van der Waals surface area contributed by atoms with Gasteiger partial charge in [-0.05, 0) is 24.3 Å². The van der Waals surface area contributed by atoms with Gasteiger partial charge in [-0.3, -0.25) is 4.84 Å². The number of aromatic hydroxyl groups is 2. The van der Waals surface area contributed by atoms with Gasteiger partial charge in [0.05, 0.1) is 12.4 Å². The van der Waals surface area contributed by atoms with Gasteiger partial charge in [0, 0.05) is 16.9 Å². The van der Waals surface area contributed by atoms with E-state index in [-0.39, 0.29) is 22.2 Å². The highest BCUT2D eigenvalue weighted by molar-refractivity contribution is 8.65. The van der Waals surface area contributed by atoms with Crippen LogP contribution in [0.4, 0.5) is 0 Å². The molecular weight excluding hydrogens is 385 g/mol. The Morgan fingerprint density at radius 2 is 1.69 bits per heavy atom. The molecule has 0 spiro atoms. The average Bonchev–Trinajstić information content (AvgIpc) is 3.24. The number of hydrogen-bond acceptors (Lipinski definition) is 10. The van der Waals surface area contributed by atoms with Crippen LogP contribution in [0.1, 0.15) is 20.7 Å². The molecule has 1 heterocycles. The topological polar surface area (TPSA) is 131 Å². The highest BCUT2D eigenvalue weighted by atomic mass is 32.7. The summed E-state index contributed by atoms with van der Waals surface area (Å²) in [6, 6.07) is 8.14. The van der Waals surface area contributed by atoms with Crippen LogP contribution in [0.25, 0.3) is 0 Å². The first-order valence-electron chi connectivity index (χ1n) is 7.05. The molecule has 9 nitrogen and oxygen atoms in total. The second-order valence-electron chi connectivity index (χ2n) is 5.02. The van der Waals surface area contributed by atoms with Gasteiger partial charge < -0.3 is 14.8 Å². The molecule has 0 amide bonds. The summed E-state index contributed by atoms with van der Waals surface area (Å²) in [7, 11) is 1.34. The van der Waals surface area contributed by atoms with E-state index in [0.717, 1.165) is 11.6 Å². The maximum absolute atomic E-state index is 12.6. The second-order valence-corrected chi connectivity index (χ2v) is 9.49. The molecule has 3 N–H and O–H groups in total. The van der Waals surface area contributed by atoms with Crippen molar-refractivity contribution in [3.63, 3.8) is 0 Å². The van der Waals surface area contributed by atoms with E-state index in [0.29, 0.717) is 5.30 Å². The van der Waals surface area contributed by atoms with Gasteiger partial charge in [0.15, 0.2) is 0 Å². The predicted molar refractivity (Wildman–Crippen MR) is 91.7 cm³/mol. The van der Waals surface area contributed by atoms with E-state index < -0.39 is 24.0 Å². The lowest BCUT2D eigenvalue weighted by atomic mass is 10.2. The molecule has 26 heavy (non-hydrogen) atoms. The first kappa shape index (κ1) is 18.3. The number of carbonyl (C=O) groups is 2. The van der Waals surface area contributed by atoms with Gasteiger partial charge in [-0.25, -0.2) is 19.4 Å². The third kappa shape index (κ3) is 3.15. The second kappa shape index (κ2) is 7.00. The van der Waals surface area contributed by atoms with E-state index in [9.17, 15) is 24.4 Å². The summed E-state index contributed by atoms with van der Waals surface area (Å²) < 4.78 is 12.6. The molecule has 0 saturated heterocycles. The SMILES string of the molecule is CONSP1(=O)c2ccc(C(=O)OOC(=O)c3ccccc3O)c(O)c21. The summed E-state index contributed by atoms with van der Waals surface area (Å²) in [6.07, 6.45) is -3.04. The molecule has 1 aliphatic heterocycles. The number of phenols is 2. The van der Waals surface area contributed by atoms with Crippen LogP contribution in [0.2, 0.25) is 0 Å². The number of fused-ring (bicyclic) bond motifs is 1. The molecule has 0 fully saturated rings. The van der Waals surface area contributed by atoms with Crippen LogP contribution in [-0.4, -0.2) is 29.3 Å². The van der Waals surface area contributed by atoms with Crippen molar-refractivity contribution >= 4 is 40.5 Å². The van der Waals surface area contributed by atoms with Crippen molar-refractivity contribution in [2.75, 3.05) is 7.11 Å². The Labute approximate surface area is 151 Å². The summed E-state index contributed by atoms with van der Waals surface area (Å²) >= 11 is 0.783. The van der Waals surface area contributed by atoms with Gasteiger partial charge in [0.2, 0.25) is 6.34 Å². The quantitative estimate of drug-likeness (QED) is 0.294. The molecule has 0 aliphatic carbocycles. The number of nitrogens with one attached hydrogen (secondary N) is 1. The molecule has 3 rings (SSSR count). The molecule has 2 aromatic carbocycles. The summed E-state index contributed by atoms with van der Waals surface area (Å²) in [5.74, 6) is -3.10. The Balaban J connectivity index is 1.70. The summed E-state index contributed by atoms with van der Waals surface area (Å²) in [5, 5.41) is 20.2. The highest BCUT2D eigenvalue weighted by Crippen LogP contribution is 2.66. The third-order valence-corrected chi connectivity index (χ3v) is 7.93. The number of hydrogen-bond donors (Lipinski definition) is 3. The summed E-state index contributed by atoms with van der Waals surface area (Å²) in [5.41, 5.74) is -0.513. The number of rotatable bonds is 5. The molecule has 2 aromatic rings. The fourth-order valence-corrected chi connectivity index (χ4v) is 6.34. The van der Waals surface area contributed by atoms with E-state index in [1.807, 2.05) is 0 Å². The maximum Gasteiger partial charge on any atom is 0.390 e. The Morgan fingerprint density at radius 3 is 2.35 bits per heavy atom. The lowest BCUT2D eigenvalue weighted by Crippen LogP contribution is -2.13. The van der Waals surface area contributed by atoms with E-state index in [1.165, 1.54) is 43.5 Å². The fourth-order valence-electron chi connectivity index (χ4n) is 2.20. The monoisotopic (exact) mass is 397 g/mol. The Hall–Kier alpha value is -2.52. The van der Waals surface area contributed by atoms with Crippen molar-refractivity contribution in [1.82, 2.24) is 4.89 Å². The van der Waals surface area contributed by atoms with Gasteiger partial charge >= 0.3 is 11.9 Å². The Bertz CT molecular complexity index is 947. The van der Waals surface area contributed by atoms with Gasteiger partial charge in [-0.15, -0.1) is 4.89 Å². The van der Waals surface area contributed by atoms with Crippen molar-refractivity contribution in [1.29, 1.82) is 0 Å². The lowest BCUT2D eigenvalue weighted by Gasteiger charge is -2.05. The first-order chi connectivity index (χ1) is 12.4. The normalized spacial score (nSPS) is 17.3. The van der Waals surface area contributed by atoms with Gasteiger partial charge in [-0.2, -0.15) is 0 Å². The van der Waals surface area contributed by atoms with Crippen LogP contribution in [0.5, 0.6) is 11.5 Å². The van der Waals surface area contributed by atoms with Gasteiger partial charge in [0.25, 0.3) is 0 Å². The van der Waals surface area contributed by atoms with Crippen molar-refractivity contribution in [3.05, 3.63) is 47.5 Å². The Kier molecular flexibility index (Phi) is 4.92. The van der Waals surface area contributed by atoms with E-state index in [4.69, 9.17) is 0 Å². The minimum atomic E-state index is -3.04. The van der Waals surface area contributed by atoms with Crippen molar-refractivity contribution < 1.29 is 39.0 Å². The third-order valence-electron chi connectivity index (χ3n) is 3.48. The number of phenolic OH excluding ortho intramolecular Hbond substituents is 2. The van der Waals surface area contributed by atoms with Gasteiger partial charge in [-0.1, -0.05) is 12.1 Å². The Morgan fingerprint density at radius 1 is 1.04 bits per heavy atom.